The van der Waals surface area contributed by atoms with Crippen molar-refractivity contribution in [2.24, 2.45) is 0 Å². The van der Waals surface area contributed by atoms with Crippen molar-refractivity contribution in [3.8, 4) is 0 Å². The summed E-state index contributed by atoms with van der Waals surface area (Å²) in [4.78, 5) is 9.02. The molecule has 0 radical (unpaired) electrons. The smallest absolute Gasteiger partial charge is 0.0704 e. The zero-order valence-corrected chi connectivity index (χ0v) is 15.6. The van der Waals surface area contributed by atoms with Crippen LogP contribution in [0.25, 0.3) is 21.7 Å². The van der Waals surface area contributed by atoms with Crippen molar-refractivity contribution in [3.05, 3.63) is 83.8 Å². The van der Waals surface area contributed by atoms with Crippen molar-refractivity contribution in [3.63, 3.8) is 0 Å². The van der Waals surface area contributed by atoms with Crippen LogP contribution in [-0.2, 0) is 6.42 Å². The van der Waals surface area contributed by atoms with E-state index in [1.54, 1.807) is 0 Å². The van der Waals surface area contributed by atoms with Gasteiger partial charge in [-0.2, -0.15) is 0 Å². The minimum Gasteiger partial charge on any atom is -0.264 e. The van der Waals surface area contributed by atoms with Gasteiger partial charge >= 0.3 is 0 Å². The van der Waals surface area contributed by atoms with E-state index in [1.807, 2.05) is 24.7 Å². The molecule has 0 aliphatic heterocycles. The molecule has 0 aliphatic rings. The Balaban J connectivity index is 1.76. The van der Waals surface area contributed by atoms with Gasteiger partial charge < -0.3 is 0 Å². The quantitative estimate of drug-likeness (QED) is 0.438. The van der Waals surface area contributed by atoms with Crippen LogP contribution in [0.2, 0.25) is 0 Å². The molecular formula is C24H24N2. The van der Waals surface area contributed by atoms with Gasteiger partial charge in [-0.15, -0.1) is 0 Å². The van der Waals surface area contributed by atoms with Gasteiger partial charge in [0.25, 0.3) is 0 Å². The summed E-state index contributed by atoms with van der Waals surface area (Å²) >= 11 is 0. The molecule has 0 aliphatic carbocycles. The Morgan fingerprint density at radius 3 is 2.42 bits per heavy atom. The van der Waals surface area contributed by atoms with Gasteiger partial charge in [-0.1, -0.05) is 57.2 Å². The first kappa shape index (κ1) is 16.7. The third kappa shape index (κ3) is 2.96. The number of hydrogen-bond acceptors (Lipinski definition) is 2. The average molecular weight is 340 g/mol. The highest BCUT2D eigenvalue weighted by Gasteiger charge is 2.14. The monoisotopic (exact) mass is 340 g/mol. The summed E-state index contributed by atoms with van der Waals surface area (Å²) in [7, 11) is 0. The number of nitrogens with zero attached hydrogens (tertiary/aromatic N) is 2. The number of fused-ring (bicyclic) bond motifs is 2. The number of aromatic nitrogens is 2. The first-order valence-corrected chi connectivity index (χ1v) is 9.34. The van der Waals surface area contributed by atoms with Crippen LogP contribution in [0.5, 0.6) is 0 Å². The highest BCUT2D eigenvalue weighted by atomic mass is 14.6. The molecule has 0 fully saturated rings. The Kier molecular flexibility index (Phi) is 4.42. The lowest BCUT2D eigenvalue weighted by molar-refractivity contribution is 0.768. The summed E-state index contributed by atoms with van der Waals surface area (Å²) in [5.74, 6) is 0.888. The first-order chi connectivity index (χ1) is 12.6. The van der Waals surface area contributed by atoms with Gasteiger partial charge in [0.05, 0.1) is 5.52 Å². The Labute approximate surface area is 154 Å². The molecule has 2 nitrogen and oxygen atoms in total. The SMILES string of the molecule is CC(C)c1cncc2c(CC(C)c3ccnc4ccccc34)cccc12. The van der Waals surface area contributed by atoms with Crippen LogP contribution in [0.1, 0.15) is 49.3 Å². The summed E-state index contributed by atoms with van der Waals surface area (Å²) in [6, 6.07) is 17.2. The zero-order chi connectivity index (χ0) is 18.1. The number of pyridine rings is 2. The van der Waals surface area contributed by atoms with Crippen molar-refractivity contribution in [2.45, 2.75) is 39.0 Å². The molecule has 0 amide bonds. The maximum Gasteiger partial charge on any atom is 0.0704 e. The molecule has 1 atom stereocenters. The highest BCUT2D eigenvalue weighted by Crippen LogP contribution is 2.31. The number of rotatable bonds is 4. The standard InChI is InChI=1S/C24H24N2/c1-16(2)22-14-25-15-23-18(7-6-9-20(22)23)13-17(3)19-11-12-26-24-10-5-4-8-21(19)24/h4-12,14-17H,13H2,1-3H3. The Morgan fingerprint density at radius 1 is 0.769 bits per heavy atom. The molecule has 4 aromatic rings. The molecule has 0 spiro atoms. The molecule has 2 heterocycles. The van der Waals surface area contributed by atoms with Crippen LogP contribution in [0.3, 0.4) is 0 Å². The number of para-hydroxylation sites is 1. The van der Waals surface area contributed by atoms with Crippen LogP contribution >= 0.6 is 0 Å². The van der Waals surface area contributed by atoms with E-state index in [9.17, 15) is 0 Å². The first-order valence-electron chi connectivity index (χ1n) is 9.34. The van der Waals surface area contributed by atoms with Crippen LogP contribution in [0.4, 0.5) is 0 Å². The Bertz CT molecular complexity index is 1060. The molecule has 26 heavy (non-hydrogen) atoms. The summed E-state index contributed by atoms with van der Waals surface area (Å²) in [6.45, 7) is 6.77. The molecule has 0 N–H and O–H groups in total. The second-order valence-corrected chi connectivity index (χ2v) is 7.42. The minimum absolute atomic E-state index is 0.413. The zero-order valence-electron chi connectivity index (χ0n) is 15.6. The predicted molar refractivity (Wildman–Crippen MR) is 110 cm³/mol. The van der Waals surface area contributed by atoms with E-state index >= 15 is 0 Å². The topological polar surface area (TPSA) is 25.8 Å². The van der Waals surface area contributed by atoms with E-state index in [0.29, 0.717) is 11.8 Å². The average Bonchev–Trinajstić information content (AvgIpc) is 2.67. The fourth-order valence-electron chi connectivity index (χ4n) is 3.90. The maximum atomic E-state index is 4.51. The molecule has 0 saturated heterocycles. The van der Waals surface area contributed by atoms with E-state index < -0.39 is 0 Å². The van der Waals surface area contributed by atoms with E-state index in [-0.39, 0.29) is 0 Å². The third-order valence-electron chi connectivity index (χ3n) is 5.29. The number of hydrogen-bond donors (Lipinski definition) is 0. The lowest BCUT2D eigenvalue weighted by Gasteiger charge is -2.17. The van der Waals surface area contributed by atoms with E-state index in [0.717, 1.165) is 11.9 Å². The van der Waals surface area contributed by atoms with Crippen molar-refractivity contribution >= 4 is 21.7 Å². The van der Waals surface area contributed by atoms with Gasteiger partial charge in [0, 0.05) is 29.4 Å². The highest BCUT2D eigenvalue weighted by molar-refractivity contribution is 5.88. The molecule has 2 heteroatoms. The fourth-order valence-corrected chi connectivity index (χ4v) is 3.90. The second-order valence-electron chi connectivity index (χ2n) is 7.42. The van der Waals surface area contributed by atoms with Crippen LogP contribution in [-0.4, -0.2) is 9.97 Å². The summed E-state index contributed by atoms with van der Waals surface area (Å²) < 4.78 is 0. The predicted octanol–water partition coefficient (Wildman–Crippen LogP) is 6.25. The molecule has 0 bridgehead atoms. The van der Waals surface area contributed by atoms with Crippen molar-refractivity contribution < 1.29 is 0 Å². The molecule has 0 saturated carbocycles. The largest absolute Gasteiger partial charge is 0.264 e. The Morgan fingerprint density at radius 2 is 1.58 bits per heavy atom. The van der Waals surface area contributed by atoms with Crippen molar-refractivity contribution in [1.29, 1.82) is 0 Å². The molecule has 2 aromatic heterocycles. The van der Waals surface area contributed by atoms with Crippen molar-refractivity contribution in [2.75, 3.05) is 0 Å². The van der Waals surface area contributed by atoms with Crippen LogP contribution < -0.4 is 0 Å². The fraction of sp³-hybridized carbons (Fsp3) is 0.250. The van der Waals surface area contributed by atoms with E-state index in [1.165, 1.54) is 32.8 Å². The van der Waals surface area contributed by atoms with E-state index in [4.69, 9.17) is 0 Å². The normalized spacial score (nSPS) is 12.8. The minimum atomic E-state index is 0.413. The second kappa shape index (κ2) is 6.87. The van der Waals surface area contributed by atoms with Gasteiger partial charge in [-0.3, -0.25) is 9.97 Å². The van der Waals surface area contributed by atoms with Gasteiger partial charge in [0.2, 0.25) is 0 Å². The lowest BCUT2D eigenvalue weighted by Crippen LogP contribution is -2.02. The van der Waals surface area contributed by atoms with Crippen molar-refractivity contribution in [1.82, 2.24) is 9.97 Å². The molecular weight excluding hydrogens is 316 g/mol. The Hall–Kier alpha value is -2.74. The van der Waals surface area contributed by atoms with E-state index in [2.05, 4.69) is 73.2 Å². The molecule has 130 valence electrons. The maximum absolute atomic E-state index is 4.51. The van der Waals surface area contributed by atoms with Gasteiger partial charge in [0.15, 0.2) is 0 Å². The van der Waals surface area contributed by atoms with Gasteiger partial charge in [-0.25, -0.2) is 0 Å². The van der Waals surface area contributed by atoms with Crippen LogP contribution in [0, 0.1) is 0 Å². The summed E-state index contributed by atoms with van der Waals surface area (Å²) in [5.41, 5.74) is 5.12. The number of benzene rings is 2. The molecule has 1 unspecified atom stereocenters. The van der Waals surface area contributed by atoms with Gasteiger partial charge in [-0.05, 0) is 52.5 Å². The molecule has 4 rings (SSSR count). The third-order valence-corrected chi connectivity index (χ3v) is 5.29. The molecule has 2 aromatic carbocycles. The summed E-state index contributed by atoms with van der Waals surface area (Å²) in [6.07, 6.45) is 6.95. The lowest BCUT2D eigenvalue weighted by atomic mass is 9.88. The van der Waals surface area contributed by atoms with Crippen LogP contribution in [0.15, 0.2) is 67.1 Å². The van der Waals surface area contributed by atoms with Gasteiger partial charge in [0.1, 0.15) is 0 Å². The summed E-state index contributed by atoms with van der Waals surface area (Å²) in [5, 5.41) is 3.87.